The molecule has 0 radical (unpaired) electrons. The summed E-state index contributed by atoms with van der Waals surface area (Å²) in [4.78, 5) is 0. The molecule has 0 aliphatic heterocycles. The molecule has 2 aromatic rings. The van der Waals surface area contributed by atoms with E-state index >= 15 is 0 Å². The van der Waals surface area contributed by atoms with E-state index < -0.39 is 10.0 Å². The normalized spacial score (nSPS) is 11.2. The van der Waals surface area contributed by atoms with E-state index in [1.807, 2.05) is 0 Å². The molecule has 0 aliphatic rings. The lowest BCUT2D eigenvalue weighted by Crippen LogP contribution is -2.11. The van der Waals surface area contributed by atoms with E-state index in [1.54, 1.807) is 19.1 Å². The molecule has 0 saturated carbocycles. The molecule has 0 atom stereocenters. The Morgan fingerprint density at radius 2 is 1.83 bits per heavy atom. The SMILES string of the molecule is Cc1cc(Nc2ccc(NS(C)(=O)=O)nn2)no1. The second kappa shape index (κ2) is 4.61. The Bertz CT molecular complexity index is 634. The third-order valence-electron chi connectivity index (χ3n) is 1.84. The van der Waals surface area contributed by atoms with Crippen LogP contribution in [0.25, 0.3) is 0 Å². The first-order valence-electron chi connectivity index (χ1n) is 4.94. The Morgan fingerprint density at radius 3 is 2.33 bits per heavy atom. The van der Waals surface area contributed by atoms with E-state index in [-0.39, 0.29) is 5.82 Å². The molecule has 0 aliphatic carbocycles. The van der Waals surface area contributed by atoms with Crippen LogP contribution in [-0.2, 0) is 10.0 Å². The van der Waals surface area contributed by atoms with Gasteiger partial charge in [0.2, 0.25) is 10.0 Å². The Kier molecular flexibility index (Phi) is 3.15. The fraction of sp³-hybridized carbons (Fsp3) is 0.222. The highest BCUT2D eigenvalue weighted by Gasteiger charge is 2.05. The van der Waals surface area contributed by atoms with Crippen LogP contribution in [0.1, 0.15) is 5.76 Å². The average Bonchev–Trinajstić information content (AvgIpc) is 2.65. The van der Waals surface area contributed by atoms with Gasteiger partial charge < -0.3 is 9.84 Å². The summed E-state index contributed by atoms with van der Waals surface area (Å²) in [5.41, 5.74) is 0. The Hall–Kier alpha value is -2.16. The first kappa shape index (κ1) is 12.3. The summed E-state index contributed by atoms with van der Waals surface area (Å²) < 4.78 is 29.0. The van der Waals surface area contributed by atoms with Crippen LogP contribution in [0.3, 0.4) is 0 Å². The van der Waals surface area contributed by atoms with Crippen LogP contribution in [0.5, 0.6) is 0 Å². The van der Waals surface area contributed by atoms with Crippen LogP contribution in [0.15, 0.2) is 22.7 Å². The third-order valence-corrected chi connectivity index (χ3v) is 2.42. The number of sulfonamides is 1. The summed E-state index contributed by atoms with van der Waals surface area (Å²) in [6.45, 7) is 1.77. The number of nitrogens with one attached hydrogen (secondary N) is 2. The predicted molar refractivity (Wildman–Crippen MR) is 65.0 cm³/mol. The lowest BCUT2D eigenvalue weighted by Gasteiger charge is -2.03. The fourth-order valence-corrected chi connectivity index (χ4v) is 1.69. The van der Waals surface area contributed by atoms with Gasteiger partial charge in [0.15, 0.2) is 17.5 Å². The van der Waals surface area contributed by atoms with Crippen molar-refractivity contribution in [1.82, 2.24) is 15.4 Å². The zero-order valence-electron chi connectivity index (χ0n) is 9.71. The fourth-order valence-electron chi connectivity index (χ4n) is 1.20. The van der Waals surface area contributed by atoms with Gasteiger partial charge in [0.25, 0.3) is 0 Å². The van der Waals surface area contributed by atoms with Crippen LogP contribution < -0.4 is 10.0 Å². The van der Waals surface area contributed by atoms with Crippen molar-refractivity contribution in [3.05, 3.63) is 24.0 Å². The second-order valence-electron chi connectivity index (χ2n) is 3.63. The molecule has 9 heteroatoms. The Balaban J connectivity index is 2.08. The molecule has 2 aromatic heterocycles. The van der Waals surface area contributed by atoms with Gasteiger partial charge in [-0.3, -0.25) is 4.72 Å². The van der Waals surface area contributed by atoms with Crippen LogP contribution in [-0.4, -0.2) is 30.0 Å². The largest absolute Gasteiger partial charge is 0.360 e. The molecule has 0 amide bonds. The van der Waals surface area contributed by atoms with Gasteiger partial charge >= 0.3 is 0 Å². The highest BCUT2D eigenvalue weighted by Crippen LogP contribution is 2.14. The monoisotopic (exact) mass is 269 g/mol. The van der Waals surface area contributed by atoms with Crippen molar-refractivity contribution in [2.75, 3.05) is 16.3 Å². The molecular weight excluding hydrogens is 258 g/mol. The van der Waals surface area contributed by atoms with Crippen LogP contribution in [0.2, 0.25) is 0 Å². The van der Waals surface area contributed by atoms with Crippen molar-refractivity contribution < 1.29 is 12.9 Å². The number of rotatable bonds is 4. The maximum absolute atomic E-state index is 11.0. The maximum Gasteiger partial charge on any atom is 0.231 e. The summed E-state index contributed by atoms with van der Waals surface area (Å²) in [6, 6.07) is 4.76. The second-order valence-corrected chi connectivity index (χ2v) is 5.37. The average molecular weight is 269 g/mol. The molecule has 2 heterocycles. The standard InChI is InChI=1S/C9H11N5O3S/c1-6-5-9(13-17-6)10-7-3-4-8(12-11-7)14-18(2,15)16/h3-5H,1-2H3,(H,12,14)(H,10,11,13). The van der Waals surface area contributed by atoms with Gasteiger partial charge in [-0.25, -0.2) is 8.42 Å². The van der Waals surface area contributed by atoms with Gasteiger partial charge in [-0.2, -0.15) is 0 Å². The van der Waals surface area contributed by atoms with Crippen molar-refractivity contribution >= 4 is 27.5 Å². The molecule has 0 unspecified atom stereocenters. The van der Waals surface area contributed by atoms with E-state index in [1.165, 1.54) is 6.07 Å². The molecule has 0 spiro atoms. The maximum atomic E-state index is 11.0. The van der Waals surface area contributed by atoms with E-state index in [4.69, 9.17) is 4.52 Å². The predicted octanol–water partition coefficient (Wildman–Crippen LogP) is 0.888. The lowest BCUT2D eigenvalue weighted by atomic mass is 10.4. The molecule has 2 rings (SSSR count). The van der Waals surface area contributed by atoms with E-state index in [0.717, 1.165) is 6.26 Å². The molecular formula is C9H11N5O3S. The first-order chi connectivity index (χ1) is 8.42. The van der Waals surface area contributed by atoms with Gasteiger partial charge in [-0.15, -0.1) is 10.2 Å². The van der Waals surface area contributed by atoms with Gasteiger partial charge in [0.1, 0.15) is 5.76 Å². The topological polar surface area (TPSA) is 110 Å². The number of hydrogen-bond donors (Lipinski definition) is 2. The summed E-state index contributed by atoms with van der Waals surface area (Å²) in [7, 11) is -3.35. The third kappa shape index (κ3) is 3.42. The number of aromatic nitrogens is 3. The minimum Gasteiger partial charge on any atom is -0.360 e. The van der Waals surface area contributed by atoms with Crippen molar-refractivity contribution in [3.8, 4) is 0 Å². The first-order valence-corrected chi connectivity index (χ1v) is 6.83. The molecule has 0 saturated heterocycles. The van der Waals surface area contributed by atoms with E-state index in [9.17, 15) is 8.42 Å². The van der Waals surface area contributed by atoms with Gasteiger partial charge in [-0.05, 0) is 19.1 Å². The number of hydrogen-bond acceptors (Lipinski definition) is 7. The van der Waals surface area contributed by atoms with E-state index in [0.29, 0.717) is 17.4 Å². The summed E-state index contributed by atoms with van der Waals surface area (Å²) in [5, 5.41) is 14.1. The number of nitrogens with zero attached hydrogens (tertiary/aromatic N) is 3. The van der Waals surface area contributed by atoms with Crippen LogP contribution >= 0.6 is 0 Å². The zero-order chi connectivity index (χ0) is 13.2. The Morgan fingerprint density at radius 1 is 1.17 bits per heavy atom. The Labute approximate surface area is 103 Å². The molecule has 96 valence electrons. The highest BCUT2D eigenvalue weighted by molar-refractivity contribution is 7.92. The minimum absolute atomic E-state index is 0.152. The van der Waals surface area contributed by atoms with Crippen molar-refractivity contribution in [3.63, 3.8) is 0 Å². The summed E-state index contributed by atoms with van der Waals surface area (Å²) >= 11 is 0. The van der Waals surface area contributed by atoms with Crippen LogP contribution in [0.4, 0.5) is 17.5 Å². The van der Waals surface area contributed by atoms with Gasteiger partial charge in [-0.1, -0.05) is 5.16 Å². The molecule has 0 fully saturated rings. The molecule has 8 nitrogen and oxygen atoms in total. The lowest BCUT2D eigenvalue weighted by molar-refractivity contribution is 0.400. The van der Waals surface area contributed by atoms with Gasteiger partial charge in [0.05, 0.1) is 6.26 Å². The molecule has 18 heavy (non-hydrogen) atoms. The summed E-state index contributed by atoms with van der Waals surface area (Å²) in [5.74, 6) is 1.76. The number of aryl methyl sites for hydroxylation is 1. The quantitative estimate of drug-likeness (QED) is 0.847. The van der Waals surface area contributed by atoms with Crippen molar-refractivity contribution in [2.45, 2.75) is 6.92 Å². The molecule has 0 aromatic carbocycles. The summed E-state index contributed by atoms with van der Waals surface area (Å²) in [6.07, 6.45) is 1.04. The minimum atomic E-state index is -3.35. The molecule has 2 N–H and O–H groups in total. The van der Waals surface area contributed by atoms with Crippen molar-refractivity contribution in [2.24, 2.45) is 0 Å². The van der Waals surface area contributed by atoms with Crippen molar-refractivity contribution in [1.29, 1.82) is 0 Å². The smallest absolute Gasteiger partial charge is 0.231 e. The van der Waals surface area contributed by atoms with E-state index in [2.05, 4.69) is 25.4 Å². The zero-order valence-corrected chi connectivity index (χ0v) is 10.5. The number of anilines is 3. The highest BCUT2D eigenvalue weighted by atomic mass is 32.2. The van der Waals surface area contributed by atoms with Crippen LogP contribution in [0, 0.1) is 6.92 Å². The van der Waals surface area contributed by atoms with Gasteiger partial charge in [0, 0.05) is 6.07 Å². The molecule has 0 bridgehead atoms.